The lowest BCUT2D eigenvalue weighted by molar-refractivity contribution is 0.380. The van der Waals surface area contributed by atoms with Crippen LogP contribution in [0.15, 0.2) is 71.0 Å². The van der Waals surface area contributed by atoms with Gasteiger partial charge in [0, 0.05) is 28.4 Å². The Bertz CT molecular complexity index is 1180. The third kappa shape index (κ3) is 3.28. The number of methoxy groups -OCH3 is 1. The molecule has 1 aliphatic heterocycles. The van der Waals surface area contributed by atoms with Gasteiger partial charge in [0.05, 0.1) is 19.4 Å². The predicted octanol–water partition coefficient (Wildman–Crippen LogP) is 5.01. The number of aliphatic imine (C=N–C) groups is 1. The van der Waals surface area contributed by atoms with E-state index in [-0.39, 0.29) is 5.92 Å². The minimum absolute atomic E-state index is 0.340. The van der Waals surface area contributed by atoms with E-state index >= 15 is 0 Å². The van der Waals surface area contributed by atoms with Gasteiger partial charge >= 0.3 is 0 Å². The van der Waals surface area contributed by atoms with Crippen LogP contribution in [0, 0.1) is 11.3 Å². The van der Waals surface area contributed by atoms with Crippen molar-refractivity contribution in [1.82, 2.24) is 5.32 Å². The van der Waals surface area contributed by atoms with E-state index in [9.17, 15) is 5.26 Å². The maximum atomic E-state index is 9.98. The molecule has 144 valence electrons. The lowest BCUT2D eigenvalue weighted by atomic mass is 9.82. The first-order chi connectivity index (χ1) is 14.2. The Balaban J connectivity index is 2.03. The van der Waals surface area contributed by atoms with E-state index in [1.165, 1.54) is 6.34 Å². The Kier molecular flexibility index (Phi) is 5.11. The number of ether oxygens (including phenoxy) is 2. The molecule has 3 aromatic rings. The maximum absolute atomic E-state index is 9.98. The van der Waals surface area contributed by atoms with Gasteiger partial charge in [-0.1, -0.05) is 48.0 Å². The summed E-state index contributed by atoms with van der Waals surface area (Å²) in [7, 11) is 3.29. The minimum atomic E-state index is -0.340. The number of nitrogens with zero attached hydrogens (tertiary/aromatic N) is 2. The fraction of sp³-hybridized carbons (Fsp3) is 0.130. The third-order valence-corrected chi connectivity index (χ3v) is 5.15. The Morgan fingerprint density at radius 3 is 2.55 bits per heavy atom. The number of benzene rings is 3. The van der Waals surface area contributed by atoms with Gasteiger partial charge in [-0.3, -0.25) is 4.99 Å². The molecule has 0 aromatic heterocycles. The molecule has 1 atom stereocenters. The van der Waals surface area contributed by atoms with Crippen molar-refractivity contribution in [1.29, 1.82) is 5.26 Å². The van der Waals surface area contributed by atoms with Crippen molar-refractivity contribution in [2.45, 2.75) is 5.92 Å². The van der Waals surface area contributed by atoms with E-state index in [0.717, 1.165) is 27.6 Å². The first-order valence-corrected chi connectivity index (χ1v) is 9.40. The van der Waals surface area contributed by atoms with Gasteiger partial charge in [0.25, 0.3) is 0 Å². The molecule has 4 rings (SSSR count). The normalized spacial score (nSPS) is 15.7. The number of hydrogen-bond donors (Lipinski definition) is 1. The maximum Gasteiger partial charge on any atom is 0.213 e. The molecule has 0 amide bonds. The molecular formula is C23H18ClN3O2. The molecule has 0 fully saturated rings. The highest BCUT2D eigenvalue weighted by Crippen LogP contribution is 2.48. The Hall–Kier alpha value is -3.49. The van der Waals surface area contributed by atoms with Crippen LogP contribution >= 0.6 is 11.6 Å². The van der Waals surface area contributed by atoms with Gasteiger partial charge < -0.3 is 14.8 Å². The van der Waals surface area contributed by atoms with Gasteiger partial charge in [-0.05, 0) is 23.8 Å². The lowest BCUT2D eigenvalue weighted by Gasteiger charge is -2.29. The zero-order valence-electron chi connectivity index (χ0n) is 15.9. The van der Waals surface area contributed by atoms with Crippen LogP contribution < -0.4 is 14.8 Å². The van der Waals surface area contributed by atoms with Gasteiger partial charge in [0.1, 0.15) is 23.1 Å². The highest BCUT2D eigenvalue weighted by Gasteiger charge is 2.33. The smallest absolute Gasteiger partial charge is 0.213 e. The zero-order chi connectivity index (χ0) is 20.4. The molecule has 29 heavy (non-hydrogen) atoms. The topological polar surface area (TPSA) is 66.6 Å². The summed E-state index contributed by atoms with van der Waals surface area (Å²) >= 11 is 6.09. The number of nitrogens with one attached hydrogen (secondary N) is 1. The molecule has 1 unspecified atom stereocenters. The van der Waals surface area contributed by atoms with Gasteiger partial charge in [0.2, 0.25) is 5.88 Å². The third-order valence-electron chi connectivity index (χ3n) is 4.90. The summed E-state index contributed by atoms with van der Waals surface area (Å²) < 4.78 is 11.8. The molecule has 0 saturated heterocycles. The van der Waals surface area contributed by atoms with Crippen molar-refractivity contribution in [3.63, 3.8) is 0 Å². The fourth-order valence-corrected chi connectivity index (χ4v) is 3.75. The van der Waals surface area contributed by atoms with E-state index in [1.54, 1.807) is 14.2 Å². The molecule has 0 saturated carbocycles. The van der Waals surface area contributed by atoms with Crippen LogP contribution in [0.5, 0.6) is 11.5 Å². The monoisotopic (exact) mass is 403 g/mol. The zero-order valence-corrected chi connectivity index (χ0v) is 16.7. The number of rotatable bonds is 4. The molecular weight excluding hydrogens is 386 g/mol. The van der Waals surface area contributed by atoms with Crippen LogP contribution in [0.2, 0.25) is 5.02 Å². The van der Waals surface area contributed by atoms with Crippen molar-refractivity contribution in [2.75, 3.05) is 14.2 Å². The van der Waals surface area contributed by atoms with Crippen LogP contribution in [0.3, 0.4) is 0 Å². The van der Waals surface area contributed by atoms with Crippen molar-refractivity contribution in [2.24, 2.45) is 4.99 Å². The highest BCUT2D eigenvalue weighted by atomic mass is 35.5. The average molecular weight is 404 g/mol. The summed E-state index contributed by atoms with van der Waals surface area (Å²) in [5, 5.41) is 15.5. The minimum Gasteiger partial charge on any atom is -0.496 e. The van der Waals surface area contributed by atoms with Crippen LogP contribution in [0.1, 0.15) is 17.0 Å². The molecule has 1 heterocycles. The Labute approximate surface area is 173 Å². The largest absolute Gasteiger partial charge is 0.496 e. The van der Waals surface area contributed by atoms with Gasteiger partial charge in [-0.2, -0.15) is 5.26 Å². The predicted molar refractivity (Wildman–Crippen MR) is 115 cm³/mol. The molecule has 1 N–H and O–H groups in total. The average Bonchev–Trinajstić information content (AvgIpc) is 2.76. The van der Waals surface area contributed by atoms with Crippen LogP contribution in [-0.2, 0) is 0 Å². The summed E-state index contributed by atoms with van der Waals surface area (Å²) in [4.78, 5) is 3.96. The summed E-state index contributed by atoms with van der Waals surface area (Å²) in [6, 6.07) is 19.6. The number of nitriles is 1. The van der Waals surface area contributed by atoms with E-state index in [1.807, 2.05) is 54.6 Å². The highest BCUT2D eigenvalue weighted by molar-refractivity contribution is 6.30. The molecule has 1 aliphatic rings. The van der Waals surface area contributed by atoms with E-state index in [0.29, 0.717) is 22.2 Å². The van der Waals surface area contributed by atoms with E-state index in [2.05, 4.69) is 16.4 Å². The summed E-state index contributed by atoms with van der Waals surface area (Å²) in [5.74, 6) is 1.44. The quantitative estimate of drug-likeness (QED) is 0.491. The standard InChI is InChI=1S/C23H18ClN3O2/c1-26-13-27-23-19(12-25)21(14-7-9-15(24)10-8-14)18-11-20(28-2)16-5-3-4-6-17(16)22(18)29-23/h3-11,13,21H,1-2H3,(H,26,27). The van der Waals surface area contributed by atoms with Crippen LogP contribution in [-0.4, -0.2) is 20.5 Å². The van der Waals surface area contributed by atoms with Gasteiger partial charge in [0.15, 0.2) is 0 Å². The first kappa shape index (κ1) is 18.9. The SMILES string of the molecule is CN=CNC1=C(C#N)C(c2ccc(Cl)cc2)c2cc(OC)c3ccccc3c2O1. The van der Waals surface area contributed by atoms with Gasteiger partial charge in [-0.25, -0.2) is 0 Å². The van der Waals surface area contributed by atoms with Crippen LogP contribution in [0.25, 0.3) is 10.8 Å². The molecule has 0 bridgehead atoms. The van der Waals surface area contributed by atoms with Gasteiger partial charge in [-0.15, -0.1) is 0 Å². The molecule has 0 aliphatic carbocycles. The van der Waals surface area contributed by atoms with Crippen molar-refractivity contribution < 1.29 is 9.47 Å². The number of fused-ring (bicyclic) bond motifs is 3. The van der Waals surface area contributed by atoms with E-state index < -0.39 is 0 Å². The van der Waals surface area contributed by atoms with Crippen LogP contribution in [0.4, 0.5) is 0 Å². The fourth-order valence-electron chi connectivity index (χ4n) is 3.62. The Morgan fingerprint density at radius 2 is 1.90 bits per heavy atom. The molecule has 0 spiro atoms. The molecule has 6 heteroatoms. The first-order valence-electron chi connectivity index (χ1n) is 9.02. The summed E-state index contributed by atoms with van der Waals surface area (Å²) in [5.41, 5.74) is 2.25. The van der Waals surface area contributed by atoms with Crippen molar-refractivity contribution in [3.8, 4) is 17.6 Å². The van der Waals surface area contributed by atoms with E-state index in [4.69, 9.17) is 21.1 Å². The second-order valence-electron chi connectivity index (χ2n) is 6.52. The summed E-state index contributed by atoms with van der Waals surface area (Å²) in [6.45, 7) is 0. The summed E-state index contributed by atoms with van der Waals surface area (Å²) in [6.07, 6.45) is 1.50. The second-order valence-corrected chi connectivity index (χ2v) is 6.95. The number of hydrogen-bond acceptors (Lipinski definition) is 4. The Morgan fingerprint density at radius 1 is 1.17 bits per heavy atom. The number of halogens is 1. The molecule has 0 radical (unpaired) electrons. The molecule has 3 aromatic carbocycles. The lowest BCUT2D eigenvalue weighted by Crippen LogP contribution is -2.25. The van der Waals surface area contributed by atoms with Crippen molar-refractivity contribution in [3.05, 3.63) is 82.2 Å². The van der Waals surface area contributed by atoms with Crippen molar-refractivity contribution >= 4 is 28.7 Å². The number of allylic oxidation sites excluding steroid dienone is 1. The second kappa shape index (κ2) is 7.86. The molecule has 5 nitrogen and oxygen atoms in total.